The number of aryl methyl sites for hydroxylation is 1. The third-order valence-corrected chi connectivity index (χ3v) is 5.43. The minimum Gasteiger partial charge on any atom is -0.354 e. The molecule has 1 heterocycles. The largest absolute Gasteiger partial charge is 0.354 e. The van der Waals surface area contributed by atoms with Crippen LogP contribution in [0.2, 0.25) is 5.02 Å². The van der Waals surface area contributed by atoms with Gasteiger partial charge in [0.2, 0.25) is 5.91 Å². The van der Waals surface area contributed by atoms with E-state index < -0.39 is 0 Å². The molecule has 0 aliphatic carbocycles. The summed E-state index contributed by atoms with van der Waals surface area (Å²) in [6.07, 6.45) is 3.51. The zero-order valence-corrected chi connectivity index (χ0v) is 17.0. The molecule has 1 N–H and O–H groups in total. The highest BCUT2D eigenvalue weighted by molar-refractivity contribution is 6.30. The van der Waals surface area contributed by atoms with Crippen LogP contribution in [0.1, 0.15) is 50.7 Å². The molecule has 0 unspecified atom stereocenters. The van der Waals surface area contributed by atoms with Gasteiger partial charge in [0.25, 0.3) is 0 Å². The Balaban J connectivity index is 2.06. The summed E-state index contributed by atoms with van der Waals surface area (Å²) in [5, 5.41) is 4.99. The Morgan fingerprint density at radius 1 is 1.15 bits per heavy atom. The Kier molecular flexibility index (Phi) is 6.22. The fourth-order valence-electron chi connectivity index (χ4n) is 3.57. The summed E-state index contributed by atoms with van der Waals surface area (Å²) in [6, 6.07) is 16.4. The lowest BCUT2D eigenvalue weighted by atomic mass is 9.88. The molecule has 0 radical (unpaired) electrons. The highest BCUT2D eigenvalue weighted by Crippen LogP contribution is 2.35. The van der Waals surface area contributed by atoms with Gasteiger partial charge in [0.05, 0.1) is 0 Å². The summed E-state index contributed by atoms with van der Waals surface area (Å²) in [7, 11) is 0. The number of benzene rings is 2. The molecule has 0 aliphatic rings. The lowest BCUT2D eigenvalue weighted by Crippen LogP contribution is -2.33. The maximum atomic E-state index is 12.7. The van der Waals surface area contributed by atoms with Gasteiger partial charge < -0.3 is 9.88 Å². The quantitative estimate of drug-likeness (QED) is 0.554. The summed E-state index contributed by atoms with van der Waals surface area (Å²) in [6.45, 7) is 7.14. The van der Waals surface area contributed by atoms with Gasteiger partial charge in [-0.25, -0.2) is 0 Å². The van der Waals surface area contributed by atoms with Crippen LogP contribution in [0, 0.1) is 0 Å². The summed E-state index contributed by atoms with van der Waals surface area (Å²) in [5.74, 6) is 0.0353. The Labute approximate surface area is 166 Å². The number of halogens is 1. The van der Waals surface area contributed by atoms with Crippen LogP contribution in [-0.4, -0.2) is 16.5 Å². The van der Waals surface area contributed by atoms with E-state index in [-0.39, 0.29) is 17.9 Å². The predicted octanol–water partition coefficient (Wildman–Crippen LogP) is 5.75. The first-order chi connectivity index (χ1) is 13.0. The number of rotatable bonds is 7. The van der Waals surface area contributed by atoms with Crippen molar-refractivity contribution >= 4 is 28.4 Å². The Hall–Kier alpha value is -2.26. The second-order valence-corrected chi connectivity index (χ2v) is 7.51. The molecule has 3 nitrogen and oxygen atoms in total. The van der Waals surface area contributed by atoms with Crippen LogP contribution < -0.4 is 5.32 Å². The van der Waals surface area contributed by atoms with Crippen LogP contribution in [0.25, 0.3) is 10.9 Å². The Morgan fingerprint density at radius 3 is 2.63 bits per heavy atom. The average molecular weight is 383 g/mol. The molecule has 1 amide bonds. The fourth-order valence-corrected chi connectivity index (χ4v) is 3.77. The fraction of sp³-hybridized carbons (Fsp3) is 0.348. The monoisotopic (exact) mass is 382 g/mol. The minimum atomic E-state index is -0.0366. The van der Waals surface area contributed by atoms with Crippen molar-refractivity contribution < 1.29 is 4.79 Å². The zero-order valence-electron chi connectivity index (χ0n) is 16.2. The van der Waals surface area contributed by atoms with Crippen molar-refractivity contribution in [2.45, 2.75) is 52.1 Å². The predicted molar refractivity (Wildman–Crippen MR) is 113 cm³/mol. The number of nitrogens with one attached hydrogen (secondary N) is 1. The van der Waals surface area contributed by atoms with E-state index in [0.29, 0.717) is 11.4 Å². The molecular weight excluding hydrogens is 356 g/mol. The number of carbonyl (C=O) groups excluding carboxylic acids is 1. The van der Waals surface area contributed by atoms with Crippen molar-refractivity contribution in [1.82, 2.24) is 9.88 Å². The van der Waals surface area contributed by atoms with Crippen LogP contribution in [0.3, 0.4) is 0 Å². The summed E-state index contributed by atoms with van der Waals surface area (Å²) in [4.78, 5) is 12.7. The lowest BCUT2D eigenvalue weighted by Gasteiger charge is -2.19. The highest BCUT2D eigenvalue weighted by Gasteiger charge is 2.23. The molecule has 0 spiro atoms. The van der Waals surface area contributed by atoms with E-state index in [4.69, 9.17) is 11.6 Å². The average Bonchev–Trinajstić information content (AvgIpc) is 3.04. The molecule has 3 aromatic rings. The SMILES string of the molecule is CC[C@@H](C)NC(=O)C[C@@H](c1cccc(Cl)c1)c1cn(CC)c2ccccc12. The van der Waals surface area contributed by atoms with Crippen molar-refractivity contribution in [3.8, 4) is 0 Å². The van der Waals surface area contributed by atoms with Crippen LogP contribution in [0.15, 0.2) is 54.7 Å². The third-order valence-electron chi connectivity index (χ3n) is 5.20. The zero-order chi connectivity index (χ0) is 19.4. The van der Waals surface area contributed by atoms with Crippen molar-refractivity contribution in [3.63, 3.8) is 0 Å². The lowest BCUT2D eigenvalue weighted by molar-refractivity contribution is -0.121. The molecule has 0 aliphatic heterocycles. The molecule has 0 bridgehead atoms. The van der Waals surface area contributed by atoms with E-state index in [1.54, 1.807) is 0 Å². The molecule has 27 heavy (non-hydrogen) atoms. The number of carbonyl (C=O) groups is 1. The molecule has 0 saturated carbocycles. The van der Waals surface area contributed by atoms with Gasteiger partial charge in [0.15, 0.2) is 0 Å². The van der Waals surface area contributed by atoms with Crippen molar-refractivity contribution in [1.29, 1.82) is 0 Å². The first kappa shape index (κ1) is 19.5. The maximum Gasteiger partial charge on any atom is 0.221 e. The van der Waals surface area contributed by atoms with E-state index in [9.17, 15) is 4.79 Å². The maximum absolute atomic E-state index is 12.7. The number of nitrogens with zero attached hydrogens (tertiary/aromatic N) is 1. The first-order valence-electron chi connectivity index (χ1n) is 9.66. The van der Waals surface area contributed by atoms with Crippen LogP contribution in [-0.2, 0) is 11.3 Å². The first-order valence-corrected chi connectivity index (χ1v) is 10.0. The normalized spacial score (nSPS) is 13.5. The van der Waals surface area contributed by atoms with Crippen molar-refractivity contribution in [2.75, 3.05) is 0 Å². The van der Waals surface area contributed by atoms with Gasteiger partial charge in [-0.05, 0) is 49.6 Å². The van der Waals surface area contributed by atoms with Gasteiger partial charge in [-0.15, -0.1) is 0 Å². The van der Waals surface area contributed by atoms with E-state index in [0.717, 1.165) is 18.5 Å². The molecule has 0 saturated heterocycles. The third kappa shape index (κ3) is 4.36. The summed E-state index contributed by atoms with van der Waals surface area (Å²) >= 11 is 6.26. The Bertz CT molecular complexity index is 931. The van der Waals surface area contributed by atoms with Gasteiger partial charge in [0.1, 0.15) is 0 Å². The number of fused-ring (bicyclic) bond motifs is 1. The van der Waals surface area contributed by atoms with Gasteiger partial charge in [-0.2, -0.15) is 0 Å². The topological polar surface area (TPSA) is 34.0 Å². The molecular formula is C23H27ClN2O. The number of hydrogen-bond acceptors (Lipinski definition) is 1. The molecule has 142 valence electrons. The smallest absolute Gasteiger partial charge is 0.221 e. The van der Waals surface area contributed by atoms with Crippen LogP contribution in [0.5, 0.6) is 0 Å². The number of amides is 1. The van der Waals surface area contributed by atoms with E-state index in [2.05, 4.69) is 60.3 Å². The second kappa shape index (κ2) is 8.62. The van der Waals surface area contributed by atoms with Gasteiger partial charge in [-0.1, -0.05) is 48.9 Å². The number of aromatic nitrogens is 1. The highest BCUT2D eigenvalue weighted by atomic mass is 35.5. The van der Waals surface area contributed by atoms with E-state index >= 15 is 0 Å². The minimum absolute atomic E-state index is 0.0366. The molecule has 4 heteroatoms. The molecule has 1 aromatic heterocycles. The molecule has 0 fully saturated rings. The Morgan fingerprint density at radius 2 is 1.93 bits per heavy atom. The number of hydrogen-bond donors (Lipinski definition) is 1. The summed E-state index contributed by atoms with van der Waals surface area (Å²) in [5.41, 5.74) is 3.44. The van der Waals surface area contributed by atoms with Crippen LogP contribution >= 0.6 is 11.6 Å². The molecule has 2 aromatic carbocycles. The van der Waals surface area contributed by atoms with Gasteiger partial charge in [-0.3, -0.25) is 4.79 Å². The summed E-state index contributed by atoms with van der Waals surface area (Å²) < 4.78 is 2.24. The van der Waals surface area contributed by atoms with Crippen LogP contribution in [0.4, 0.5) is 0 Å². The van der Waals surface area contributed by atoms with E-state index in [1.165, 1.54) is 16.5 Å². The standard InChI is InChI=1S/C23H27ClN2O/c1-4-16(3)25-23(27)14-20(17-9-8-10-18(24)13-17)21-15-26(5-2)22-12-7-6-11-19(21)22/h6-13,15-16,20H,4-5,14H2,1-3H3,(H,25,27)/t16-,20+/m1/s1. The second-order valence-electron chi connectivity index (χ2n) is 7.08. The van der Waals surface area contributed by atoms with E-state index in [1.807, 2.05) is 25.1 Å². The van der Waals surface area contributed by atoms with Gasteiger partial charge >= 0.3 is 0 Å². The van der Waals surface area contributed by atoms with Crippen molar-refractivity contribution in [3.05, 3.63) is 70.9 Å². The van der Waals surface area contributed by atoms with Gasteiger partial charge in [0, 0.05) is 47.0 Å². The molecule has 3 rings (SSSR count). The number of para-hydroxylation sites is 1. The van der Waals surface area contributed by atoms with Crippen molar-refractivity contribution in [2.24, 2.45) is 0 Å². The molecule has 2 atom stereocenters.